The van der Waals surface area contributed by atoms with Crippen LogP contribution in [0.1, 0.15) is 51.3 Å². The summed E-state index contributed by atoms with van der Waals surface area (Å²) in [6.45, 7) is 11.5. The van der Waals surface area contributed by atoms with E-state index < -0.39 is 0 Å². The van der Waals surface area contributed by atoms with Crippen molar-refractivity contribution in [2.75, 3.05) is 13.1 Å². The van der Waals surface area contributed by atoms with Crippen LogP contribution in [0.3, 0.4) is 0 Å². The van der Waals surface area contributed by atoms with E-state index in [2.05, 4.69) is 50.1 Å². The molecule has 0 amide bonds. The van der Waals surface area contributed by atoms with Gasteiger partial charge in [-0.15, -0.1) is 0 Å². The number of nitrogens with zero attached hydrogens (tertiary/aromatic N) is 1. The van der Waals surface area contributed by atoms with Crippen molar-refractivity contribution in [2.45, 2.75) is 46.5 Å². The normalized spacial score (nSPS) is 21.4. The van der Waals surface area contributed by atoms with E-state index in [0.29, 0.717) is 17.8 Å². The Morgan fingerprint density at radius 2 is 2.05 bits per heavy atom. The van der Waals surface area contributed by atoms with Crippen molar-refractivity contribution in [1.82, 2.24) is 10.3 Å². The molecule has 3 unspecified atom stereocenters. The topological polar surface area (TPSA) is 24.9 Å². The number of aryl methyl sites for hydroxylation is 1. The van der Waals surface area contributed by atoms with E-state index in [0.717, 1.165) is 19.0 Å². The van der Waals surface area contributed by atoms with Gasteiger partial charge in [0.2, 0.25) is 0 Å². The van der Waals surface area contributed by atoms with Crippen LogP contribution in [0.4, 0.5) is 0 Å². The van der Waals surface area contributed by atoms with Gasteiger partial charge in [-0.05, 0) is 55.3 Å². The Morgan fingerprint density at radius 1 is 1.26 bits per heavy atom. The first-order chi connectivity index (χ1) is 9.09. The first-order valence-electron chi connectivity index (χ1n) is 7.74. The van der Waals surface area contributed by atoms with E-state index in [4.69, 9.17) is 0 Å². The molecular formula is C17H28N2. The lowest BCUT2D eigenvalue weighted by Gasteiger charge is -2.26. The van der Waals surface area contributed by atoms with Gasteiger partial charge >= 0.3 is 0 Å². The molecule has 0 aliphatic heterocycles. The molecule has 1 heterocycles. The molecule has 0 radical (unpaired) electrons. The van der Waals surface area contributed by atoms with Crippen LogP contribution < -0.4 is 5.32 Å². The number of rotatable bonds is 6. The zero-order chi connectivity index (χ0) is 13.8. The van der Waals surface area contributed by atoms with Crippen molar-refractivity contribution in [3.8, 4) is 0 Å². The molecule has 1 aliphatic carbocycles. The monoisotopic (exact) mass is 260 g/mol. The molecule has 1 aromatic heterocycles. The van der Waals surface area contributed by atoms with Crippen molar-refractivity contribution in [2.24, 2.45) is 17.8 Å². The molecule has 2 heteroatoms. The molecule has 1 aromatic rings. The summed E-state index contributed by atoms with van der Waals surface area (Å²) in [7, 11) is 0. The summed E-state index contributed by atoms with van der Waals surface area (Å²) in [6.07, 6.45) is 4.44. The second-order valence-corrected chi connectivity index (χ2v) is 6.58. The maximum Gasteiger partial charge on any atom is 0.0469 e. The third-order valence-electron chi connectivity index (χ3n) is 4.55. The third kappa shape index (κ3) is 3.56. The molecule has 0 saturated carbocycles. The highest BCUT2D eigenvalue weighted by Crippen LogP contribution is 2.39. The van der Waals surface area contributed by atoms with Crippen LogP contribution in [0.5, 0.6) is 0 Å². The summed E-state index contributed by atoms with van der Waals surface area (Å²) in [5.41, 5.74) is 2.84. The van der Waals surface area contributed by atoms with Crippen molar-refractivity contribution >= 4 is 0 Å². The first kappa shape index (κ1) is 14.5. The molecule has 0 bridgehead atoms. The Bertz CT molecular complexity index is 400. The second-order valence-electron chi connectivity index (χ2n) is 6.58. The fourth-order valence-electron chi connectivity index (χ4n) is 3.14. The molecule has 2 rings (SSSR count). The van der Waals surface area contributed by atoms with Gasteiger partial charge in [0, 0.05) is 17.8 Å². The highest BCUT2D eigenvalue weighted by atomic mass is 14.9. The predicted molar refractivity (Wildman–Crippen MR) is 81.3 cm³/mol. The standard InChI is InChI=1S/C17H28N2/c1-12(2)10-18-11-13(3)14(4)16-8-7-15-6-5-9-19-17(15)16/h5-6,9,12-14,16,18H,7-8,10-11H2,1-4H3. The van der Waals surface area contributed by atoms with Gasteiger partial charge in [-0.3, -0.25) is 4.98 Å². The molecule has 0 fully saturated rings. The average molecular weight is 260 g/mol. The van der Waals surface area contributed by atoms with E-state index in [-0.39, 0.29) is 0 Å². The Labute approximate surface area is 118 Å². The smallest absolute Gasteiger partial charge is 0.0469 e. The Morgan fingerprint density at radius 3 is 2.79 bits per heavy atom. The van der Waals surface area contributed by atoms with E-state index in [1.54, 1.807) is 0 Å². The van der Waals surface area contributed by atoms with Gasteiger partial charge < -0.3 is 5.32 Å². The second kappa shape index (κ2) is 6.51. The zero-order valence-corrected chi connectivity index (χ0v) is 12.8. The van der Waals surface area contributed by atoms with E-state index in [9.17, 15) is 0 Å². The Balaban J connectivity index is 1.91. The van der Waals surface area contributed by atoms with Crippen molar-refractivity contribution in [3.63, 3.8) is 0 Å². The third-order valence-corrected chi connectivity index (χ3v) is 4.55. The quantitative estimate of drug-likeness (QED) is 0.845. The summed E-state index contributed by atoms with van der Waals surface area (Å²) in [5.74, 6) is 2.80. The van der Waals surface area contributed by atoms with E-state index >= 15 is 0 Å². The van der Waals surface area contributed by atoms with Gasteiger partial charge in [0.05, 0.1) is 0 Å². The minimum Gasteiger partial charge on any atom is -0.316 e. The molecule has 2 nitrogen and oxygen atoms in total. The van der Waals surface area contributed by atoms with Crippen LogP contribution in [0.15, 0.2) is 18.3 Å². The van der Waals surface area contributed by atoms with Crippen molar-refractivity contribution in [3.05, 3.63) is 29.6 Å². The summed E-state index contributed by atoms with van der Waals surface area (Å²) in [5, 5.41) is 3.59. The summed E-state index contributed by atoms with van der Waals surface area (Å²) in [6, 6.07) is 4.32. The van der Waals surface area contributed by atoms with E-state index in [1.165, 1.54) is 24.1 Å². The van der Waals surface area contributed by atoms with Gasteiger partial charge in [-0.2, -0.15) is 0 Å². The van der Waals surface area contributed by atoms with Gasteiger partial charge in [-0.1, -0.05) is 33.8 Å². The SMILES string of the molecule is CC(C)CNCC(C)C(C)C1CCc2cccnc21. The van der Waals surface area contributed by atoms with Crippen LogP contribution in [-0.2, 0) is 6.42 Å². The van der Waals surface area contributed by atoms with Crippen LogP contribution in [-0.4, -0.2) is 18.1 Å². The molecule has 106 valence electrons. The summed E-state index contributed by atoms with van der Waals surface area (Å²) < 4.78 is 0. The fraction of sp³-hybridized carbons (Fsp3) is 0.706. The molecular weight excluding hydrogens is 232 g/mol. The van der Waals surface area contributed by atoms with E-state index in [1.807, 2.05) is 6.20 Å². The lowest BCUT2D eigenvalue weighted by atomic mass is 9.82. The molecule has 0 spiro atoms. The van der Waals surface area contributed by atoms with Gasteiger partial charge in [-0.25, -0.2) is 0 Å². The molecule has 1 N–H and O–H groups in total. The summed E-state index contributed by atoms with van der Waals surface area (Å²) >= 11 is 0. The maximum atomic E-state index is 4.63. The number of fused-ring (bicyclic) bond motifs is 1. The fourth-order valence-corrected chi connectivity index (χ4v) is 3.14. The molecule has 1 aliphatic rings. The van der Waals surface area contributed by atoms with Crippen molar-refractivity contribution in [1.29, 1.82) is 0 Å². The Hall–Kier alpha value is -0.890. The molecule has 0 aromatic carbocycles. The molecule has 0 saturated heterocycles. The van der Waals surface area contributed by atoms with Crippen LogP contribution in [0.2, 0.25) is 0 Å². The van der Waals surface area contributed by atoms with Crippen LogP contribution >= 0.6 is 0 Å². The Kier molecular flexibility index (Phi) is 4.98. The van der Waals surface area contributed by atoms with Crippen molar-refractivity contribution < 1.29 is 0 Å². The number of nitrogens with one attached hydrogen (secondary N) is 1. The van der Waals surface area contributed by atoms with Gasteiger partial charge in [0.25, 0.3) is 0 Å². The van der Waals surface area contributed by atoms with Crippen LogP contribution in [0, 0.1) is 17.8 Å². The highest BCUT2D eigenvalue weighted by molar-refractivity contribution is 5.29. The predicted octanol–water partition coefficient (Wildman–Crippen LogP) is 3.63. The molecule has 3 atom stereocenters. The van der Waals surface area contributed by atoms with Gasteiger partial charge in [0.15, 0.2) is 0 Å². The largest absolute Gasteiger partial charge is 0.316 e. The lowest BCUT2D eigenvalue weighted by Crippen LogP contribution is -2.30. The molecule has 19 heavy (non-hydrogen) atoms. The summed E-state index contributed by atoms with van der Waals surface area (Å²) in [4.78, 5) is 4.63. The maximum absolute atomic E-state index is 4.63. The number of hydrogen-bond acceptors (Lipinski definition) is 2. The minimum atomic E-state index is 0.659. The lowest BCUT2D eigenvalue weighted by molar-refractivity contribution is 0.304. The minimum absolute atomic E-state index is 0.659. The first-order valence-corrected chi connectivity index (χ1v) is 7.74. The number of hydrogen-bond donors (Lipinski definition) is 1. The van der Waals surface area contributed by atoms with Crippen LogP contribution in [0.25, 0.3) is 0 Å². The highest BCUT2D eigenvalue weighted by Gasteiger charge is 2.30. The zero-order valence-electron chi connectivity index (χ0n) is 12.8. The van der Waals surface area contributed by atoms with Gasteiger partial charge in [0.1, 0.15) is 0 Å². The number of pyridine rings is 1. The average Bonchev–Trinajstić information content (AvgIpc) is 2.81. The number of aromatic nitrogens is 1.